The fraction of sp³-hybridized carbons (Fsp3) is 0.400. The summed E-state index contributed by atoms with van der Waals surface area (Å²) in [6.07, 6.45) is 1.13. The van der Waals surface area contributed by atoms with Crippen LogP contribution in [0.25, 0.3) is 0 Å². The van der Waals surface area contributed by atoms with Gasteiger partial charge in [0.1, 0.15) is 12.4 Å². The summed E-state index contributed by atoms with van der Waals surface area (Å²) in [6, 6.07) is 13.8. The second-order valence-corrected chi connectivity index (χ2v) is 6.14. The molecule has 0 fully saturated rings. The number of nitrogens with two attached hydrogens (primary N) is 1. The minimum absolute atomic E-state index is 0. The molecule has 0 radical (unpaired) electrons. The topological polar surface area (TPSA) is 55.5 Å². The van der Waals surface area contributed by atoms with E-state index in [-0.39, 0.29) is 18.4 Å². The average molecular weight is 350 g/mol. The molecule has 0 saturated heterocycles. The van der Waals surface area contributed by atoms with E-state index in [1.807, 2.05) is 51.1 Å². The summed E-state index contributed by atoms with van der Waals surface area (Å²) in [7, 11) is 0. The maximum absolute atomic E-state index is 10.1. The van der Waals surface area contributed by atoms with E-state index >= 15 is 0 Å². The zero-order valence-corrected chi connectivity index (χ0v) is 15.5. The van der Waals surface area contributed by atoms with Crippen LogP contribution in [-0.2, 0) is 6.61 Å². The quantitative estimate of drug-likeness (QED) is 0.775. The third-order valence-corrected chi connectivity index (χ3v) is 4.09. The molecule has 0 aromatic heterocycles. The number of hydrogen-bond acceptors (Lipinski definition) is 3. The van der Waals surface area contributed by atoms with Crippen molar-refractivity contribution < 1.29 is 9.84 Å². The van der Waals surface area contributed by atoms with Crippen molar-refractivity contribution in [3.8, 4) is 5.75 Å². The van der Waals surface area contributed by atoms with Crippen LogP contribution in [0.5, 0.6) is 5.75 Å². The van der Waals surface area contributed by atoms with Gasteiger partial charge in [0.2, 0.25) is 0 Å². The molecule has 0 aliphatic rings. The molecule has 3 nitrogen and oxygen atoms in total. The van der Waals surface area contributed by atoms with Crippen LogP contribution < -0.4 is 10.5 Å². The lowest BCUT2D eigenvalue weighted by molar-refractivity contribution is 0.134. The Balaban J connectivity index is 0.00000288. The SMILES string of the molecule is CCC[C@H](O)[C@H](N)c1cc(C)c(OCc2ccccc2)c(C)c1.Cl. The molecule has 0 bridgehead atoms. The Morgan fingerprint density at radius 3 is 2.21 bits per heavy atom. The molecular formula is C20H28ClNO2. The van der Waals surface area contributed by atoms with Crippen LogP contribution in [0.3, 0.4) is 0 Å². The smallest absolute Gasteiger partial charge is 0.125 e. The maximum Gasteiger partial charge on any atom is 0.125 e. The Hall–Kier alpha value is -1.55. The van der Waals surface area contributed by atoms with E-state index in [1.165, 1.54) is 0 Å². The standard InChI is InChI=1S/C20H27NO2.ClH/c1-4-8-18(22)19(21)17-11-14(2)20(15(3)12-17)23-13-16-9-6-5-7-10-16;/h5-7,9-12,18-19,22H,4,8,13,21H2,1-3H3;1H/t18-,19+;/m0./s1. The molecule has 2 aromatic carbocycles. The number of aryl methyl sites for hydroxylation is 2. The second-order valence-electron chi connectivity index (χ2n) is 6.14. The lowest BCUT2D eigenvalue weighted by atomic mass is 9.95. The van der Waals surface area contributed by atoms with Crippen LogP contribution in [0.15, 0.2) is 42.5 Å². The summed E-state index contributed by atoms with van der Waals surface area (Å²) in [4.78, 5) is 0. The van der Waals surface area contributed by atoms with Gasteiger partial charge in [0.25, 0.3) is 0 Å². The first kappa shape index (κ1) is 20.5. The summed E-state index contributed by atoms with van der Waals surface area (Å²) in [5.74, 6) is 0.898. The first-order valence-corrected chi connectivity index (χ1v) is 8.24. The molecule has 24 heavy (non-hydrogen) atoms. The molecule has 2 aromatic rings. The van der Waals surface area contributed by atoms with Crippen LogP contribution in [0.1, 0.15) is 48.1 Å². The van der Waals surface area contributed by atoms with Crippen LogP contribution in [0.2, 0.25) is 0 Å². The van der Waals surface area contributed by atoms with Crippen molar-refractivity contribution >= 4 is 12.4 Å². The van der Waals surface area contributed by atoms with Gasteiger partial charge in [-0.2, -0.15) is 0 Å². The van der Waals surface area contributed by atoms with Crippen LogP contribution in [-0.4, -0.2) is 11.2 Å². The number of rotatable bonds is 7. The third kappa shape index (κ3) is 5.23. The van der Waals surface area contributed by atoms with Crippen molar-refractivity contribution in [2.24, 2.45) is 5.73 Å². The molecule has 0 aliphatic carbocycles. The van der Waals surface area contributed by atoms with Crippen molar-refractivity contribution in [1.29, 1.82) is 0 Å². The van der Waals surface area contributed by atoms with E-state index in [9.17, 15) is 5.11 Å². The molecule has 0 saturated carbocycles. The van der Waals surface area contributed by atoms with E-state index in [2.05, 4.69) is 12.1 Å². The van der Waals surface area contributed by atoms with E-state index in [4.69, 9.17) is 10.5 Å². The van der Waals surface area contributed by atoms with Gasteiger partial charge in [0, 0.05) is 0 Å². The van der Waals surface area contributed by atoms with Gasteiger partial charge in [-0.15, -0.1) is 12.4 Å². The number of aliphatic hydroxyl groups is 1. The zero-order chi connectivity index (χ0) is 16.8. The highest BCUT2D eigenvalue weighted by Gasteiger charge is 2.18. The summed E-state index contributed by atoms with van der Waals surface area (Å²) >= 11 is 0. The molecule has 0 spiro atoms. The van der Waals surface area contributed by atoms with Gasteiger partial charge in [-0.25, -0.2) is 0 Å². The van der Waals surface area contributed by atoms with E-state index in [1.54, 1.807) is 0 Å². The van der Waals surface area contributed by atoms with Crippen molar-refractivity contribution in [1.82, 2.24) is 0 Å². The number of ether oxygens (including phenoxy) is 1. The molecule has 0 aliphatic heterocycles. The van der Waals surface area contributed by atoms with Gasteiger partial charge >= 0.3 is 0 Å². The molecule has 2 rings (SSSR count). The highest BCUT2D eigenvalue weighted by Crippen LogP contribution is 2.29. The largest absolute Gasteiger partial charge is 0.488 e. The lowest BCUT2D eigenvalue weighted by Crippen LogP contribution is -2.26. The summed E-state index contributed by atoms with van der Waals surface area (Å²) in [5.41, 5.74) is 10.4. The van der Waals surface area contributed by atoms with Gasteiger partial charge in [0.05, 0.1) is 12.1 Å². The molecule has 3 N–H and O–H groups in total. The molecule has 4 heteroatoms. The Bertz CT molecular complexity index is 608. The van der Waals surface area contributed by atoms with E-state index in [0.29, 0.717) is 13.0 Å². The zero-order valence-electron chi connectivity index (χ0n) is 14.7. The summed E-state index contributed by atoms with van der Waals surface area (Å²) in [6.45, 7) is 6.64. The fourth-order valence-electron chi connectivity index (χ4n) is 2.83. The third-order valence-electron chi connectivity index (χ3n) is 4.09. The summed E-state index contributed by atoms with van der Waals surface area (Å²) in [5, 5.41) is 10.1. The van der Waals surface area contributed by atoms with Crippen molar-refractivity contribution in [2.75, 3.05) is 0 Å². The Labute approximate surface area is 151 Å². The normalized spacial score (nSPS) is 13.0. The van der Waals surface area contributed by atoms with Gasteiger partial charge in [-0.05, 0) is 42.5 Å². The van der Waals surface area contributed by atoms with Gasteiger partial charge < -0.3 is 15.6 Å². The first-order valence-electron chi connectivity index (χ1n) is 8.24. The van der Waals surface area contributed by atoms with Gasteiger partial charge in [-0.3, -0.25) is 0 Å². The van der Waals surface area contributed by atoms with Crippen molar-refractivity contribution in [3.63, 3.8) is 0 Å². The predicted molar refractivity (Wildman–Crippen MR) is 102 cm³/mol. The molecule has 2 atom stereocenters. The molecule has 0 unspecified atom stereocenters. The van der Waals surface area contributed by atoms with Gasteiger partial charge in [0.15, 0.2) is 0 Å². The minimum Gasteiger partial charge on any atom is -0.488 e. The lowest BCUT2D eigenvalue weighted by Gasteiger charge is -2.21. The Kier molecular flexibility index (Phi) is 8.26. The van der Waals surface area contributed by atoms with Crippen LogP contribution in [0.4, 0.5) is 0 Å². The van der Waals surface area contributed by atoms with Crippen LogP contribution >= 0.6 is 12.4 Å². The Morgan fingerprint density at radius 2 is 1.67 bits per heavy atom. The average Bonchev–Trinajstić information content (AvgIpc) is 2.54. The molecule has 0 amide bonds. The minimum atomic E-state index is -0.505. The number of benzene rings is 2. The van der Waals surface area contributed by atoms with Gasteiger partial charge in [-0.1, -0.05) is 55.8 Å². The van der Waals surface area contributed by atoms with E-state index in [0.717, 1.165) is 34.4 Å². The number of aliphatic hydroxyl groups excluding tert-OH is 1. The van der Waals surface area contributed by atoms with E-state index < -0.39 is 6.10 Å². The summed E-state index contributed by atoms with van der Waals surface area (Å²) < 4.78 is 5.99. The monoisotopic (exact) mass is 349 g/mol. The number of hydrogen-bond donors (Lipinski definition) is 2. The predicted octanol–water partition coefficient (Wildman–Crippen LogP) is 4.47. The molecule has 132 valence electrons. The fourth-order valence-corrected chi connectivity index (χ4v) is 2.83. The van der Waals surface area contributed by atoms with Crippen molar-refractivity contribution in [2.45, 2.75) is 52.4 Å². The maximum atomic E-state index is 10.1. The number of halogens is 1. The molecule has 0 heterocycles. The highest BCUT2D eigenvalue weighted by molar-refractivity contribution is 5.85. The molecular weight excluding hydrogens is 322 g/mol. The first-order chi connectivity index (χ1) is 11.0. The Morgan fingerprint density at radius 1 is 1.08 bits per heavy atom. The highest BCUT2D eigenvalue weighted by atomic mass is 35.5. The van der Waals surface area contributed by atoms with Crippen LogP contribution in [0, 0.1) is 13.8 Å². The second kappa shape index (κ2) is 9.67. The van der Waals surface area contributed by atoms with Crippen molar-refractivity contribution in [3.05, 3.63) is 64.7 Å².